The van der Waals surface area contributed by atoms with Crippen LogP contribution in [0.1, 0.15) is 22.6 Å². The summed E-state index contributed by atoms with van der Waals surface area (Å²) in [5.74, 6) is 5.60. The number of carbonyl (C=O) groups excluding carboxylic acids is 1. The van der Waals surface area contributed by atoms with Crippen LogP contribution in [-0.4, -0.2) is 5.97 Å². The third-order valence-corrected chi connectivity index (χ3v) is 6.30. The van der Waals surface area contributed by atoms with Crippen LogP contribution in [0.4, 0.5) is 0 Å². The molecular weight excluding hydrogens is 460 g/mol. The molecule has 148 valence electrons. The molecule has 0 unspecified atom stereocenters. The number of rotatable bonds is 3. The van der Waals surface area contributed by atoms with Gasteiger partial charge < -0.3 is 4.74 Å². The van der Waals surface area contributed by atoms with E-state index in [4.69, 9.17) is 16.3 Å². The normalized spacial score (nSPS) is 18.1. The average Bonchev–Trinajstić information content (AvgIpc) is 2.78. The van der Waals surface area contributed by atoms with Gasteiger partial charge in [-0.15, -0.1) is 0 Å². The molecule has 0 aliphatic carbocycles. The summed E-state index contributed by atoms with van der Waals surface area (Å²) in [4.78, 5) is 12.8. The highest BCUT2D eigenvalue weighted by Crippen LogP contribution is 2.38. The van der Waals surface area contributed by atoms with Crippen LogP contribution in [0.5, 0.6) is 0 Å². The molecule has 2 atom stereocenters. The van der Waals surface area contributed by atoms with Gasteiger partial charge in [0.15, 0.2) is 0 Å². The van der Waals surface area contributed by atoms with E-state index in [-0.39, 0.29) is 11.9 Å². The van der Waals surface area contributed by atoms with Gasteiger partial charge in [-0.3, -0.25) is 4.79 Å². The lowest BCUT2D eigenvalue weighted by Crippen LogP contribution is -2.30. The summed E-state index contributed by atoms with van der Waals surface area (Å²) < 4.78 is 6.25. The highest BCUT2D eigenvalue weighted by atomic mass is 79.9. The van der Waals surface area contributed by atoms with Gasteiger partial charge in [0.1, 0.15) is 6.26 Å². The number of cyclic esters (lactones) is 1. The lowest BCUT2D eigenvalue weighted by molar-refractivity contribution is -0.144. The van der Waals surface area contributed by atoms with Crippen LogP contribution in [-0.2, 0) is 16.0 Å². The molecule has 4 rings (SSSR count). The zero-order chi connectivity index (χ0) is 20.9. The molecule has 3 aromatic carbocycles. The van der Waals surface area contributed by atoms with Crippen LogP contribution in [0.3, 0.4) is 0 Å². The first-order valence-electron chi connectivity index (χ1n) is 9.58. The van der Waals surface area contributed by atoms with Gasteiger partial charge in [0.05, 0.1) is 10.9 Å². The summed E-state index contributed by atoms with van der Waals surface area (Å²) >= 11 is 9.69. The Morgan fingerprint density at radius 2 is 1.63 bits per heavy atom. The van der Waals surface area contributed by atoms with Crippen molar-refractivity contribution in [2.75, 3.05) is 0 Å². The van der Waals surface area contributed by atoms with Crippen molar-refractivity contribution in [2.24, 2.45) is 5.92 Å². The Hall–Kier alpha value is -2.80. The first-order chi connectivity index (χ1) is 14.6. The van der Waals surface area contributed by atoms with Crippen LogP contribution >= 0.6 is 27.5 Å². The first-order valence-corrected chi connectivity index (χ1v) is 10.8. The molecule has 1 heterocycles. The Morgan fingerprint density at radius 3 is 2.33 bits per heavy atom. The standard InChI is InChI=1S/C26H18BrClO2/c27-23-14-12-19(16-24(23)28)15-22-25(20-9-5-2-6-10-20)21(17-30-26(22)29)13-11-18-7-3-1-4-8-18/h1-10,12,14,16-17,22,25H,15H2/t22-,25+/m0/s1. The minimum atomic E-state index is -0.394. The Labute approximate surface area is 189 Å². The zero-order valence-corrected chi connectivity index (χ0v) is 18.4. The monoisotopic (exact) mass is 476 g/mol. The number of allylic oxidation sites excluding steroid dienone is 1. The molecule has 3 aromatic rings. The summed E-state index contributed by atoms with van der Waals surface area (Å²) in [5, 5.41) is 0.618. The fourth-order valence-corrected chi connectivity index (χ4v) is 4.05. The third kappa shape index (κ3) is 4.67. The lowest BCUT2D eigenvalue weighted by Gasteiger charge is -2.29. The maximum Gasteiger partial charge on any atom is 0.315 e. The van der Waals surface area contributed by atoms with Crippen molar-refractivity contribution in [3.63, 3.8) is 0 Å². The van der Waals surface area contributed by atoms with E-state index in [0.29, 0.717) is 11.4 Å². The van der Waals surface area contributed by atoms with E-state index >= 15 is 0 Å². The van der Waals surface area contributed by atoms with E-state index in [9.17, 15) is 4.79 Å². The maximum absolute atomic E-state index is 12.8. The Bertz CT molecular complexity index is 1140. The molecule has 0 N–H and O–H groups in total. The van der Waals surface area contributed by atoms with Crippen molar-refractivity contribution in [1.82, 2.24) is 0 Å². The molecule has 2 nitrogen and oxygen atoms in total. The largest absolute Gasteiger partial charge is 0.433 e. The smallest absolute Gasteiger partial charge is 0.315 e. The molecule has 0 saturated heterocycles. The molecule has 0 spiro atoms. The zero-order valence-electron chi connectivity index (χ0n) is 16.0. The number of ether oxygens (including phenoxy) is 1. The highest BCUT2D eigenvalue weighted by Gasteiger charge is 2.36. The number of carbonyl (C=O) groups is 1. The first kappa shape index (κ1) is 20.5. The molecule has 1 aliphatic rings. The fraction of sp³-hybridized carbons (Fsp3) is 0.115. The van der Waals surface area contributed by atoms with E-state index in [1.165, 1.54) is 6.26 Å². The predicted molar refractivity (Wildman–Crippen MR) is 123 cm³/mol. The molecule has 30 heavy (non-hydrogen) atoms. The maximum atomic E-state index is 12.8. The quantitative estimate of drug-likeness (QED) is 0.316. The van der Waals surface area contributed by atoms with Gasteiger partial charge in [0.25, 0.3) is 0 Å². The van der Waals surface area contributed by atoms with Gasteiger partial charge in [-0.05, 0) is 57.7 Å². The molecule has 0 amide bonds. The van der Waals surface area contributed by atoms with Crippen LogP contribution < -0.4 is 0 Å². The van der Waals surface area contributed by atoms with E-state index in [0.717, 1.165) is 26.7 Å². The molecule has 0 saturated carbocycles. The number of hydrogen-bond donors (Lipinski definition) is 0. The van der Waals surface area contributed by atoms with Crippen LogP contribution in [0.15, 0.2) is 95.2 Å². The second-order valence-corrected chi connectivity index (χ2v) is 8.34. The Kier molecular flexibility index (Phi) is 6.38. The topological polar surface area (TPSA) is 26.3 Å². The molecule has 0 radical (unpaired) electrons. The van der Waals surface area contributed by atoms with Crippen molar-refractivity contribution in [3.8, 4) is 11.8 Å². The van der Waals surface area contributed by atoms with Crippen molar-refractivity contribution < 1.29 is 9.53 Å². The minimum Gasteiger partial charge on any atom is -0.433 e. The van der Waals surface area contributed by atoms with Gasteiger partial charge in [0, 0.05) is 21.5 Å². The lowest BCUT2D eigenvalue weighted by atomic mass is 9.77. The minimum absolute atomic E-state index is 0.189. The van der Waals surface area contributed by atoms with Gasteiger partial charge in [0.2, 0.25) is 0 Å². The summed E-state index contributed by atoms with van der Waals surface area (Å²) in [7, 11) is 0. The molecule has 4 heteroatoms. The molecule has 0 aromatic heterocycles. The van der Waals surface area contributed by atoms with Gasteiger partial charge >= 0.3 is 5.97 Å². The van der Waals surface area contributed by atoms with Crippen molar-refractivity contribution >= 4 is 33.5 Å². The number of esters is 1. The summed E-state index contributed by atoms with van der Waals surface area (Å²) in [6.45, 7) is 0. The number of benzene rings is 3. The van der Waals surface area contributed by atoms with E-state index in [2.05, 4.69) is 27.8 Å². The van der Waals surface area contributed by atoms with E-state index in [1.807, 2.05) is 78.9 Å². The molecule has 0 bridgehead atoms. The van der Waals surface area contributed by atoms with Gasteiger partial charge in [-0.2, -0.15) is 0 Å². The second-order valence-electron chi connectivity index (χ2n) is 7.07. The predicted octanol–water partition coefficient (Wildman–Crippen LogP) is 6.54. The fourth-order valence-electron chi connectivity index (χ4n) is 3.60. The van der Waals surface area contributed by atoms with Crippen LogP contribution in [0, 0.1) is 17.8 Å². The Balaban J connectivity index is 1.72. The van der Waals surface area contributed by atoms with Crippen molar-refractivity contribution in [2.45, 2.75) is 12.3 Å². The number of hydrogen-bond acceptors (Lipinski definition) is 2. The average molecular weight is 478 g/mol. The molecule has 0 fully saturated rings. The van der Waals surface area contributed by atoms with E-state index < -0.39 is 5.92 Å². The summed E-state index contributed by atoms with van der Waals surface area (Å²) in [6, 6.07) is 25.5. The van der Waals surface area contributed by atoms with Gasteiger partial charge in [-0.1, -0.05) is 78.0 Å². The Morgan fingerprint density at radius 1 is 0.933 bits per heavy atom. The SMILES string of the molecule is O=C1OC=C(C#Cc2ccccc2)[C@@H](c2ccccc2)[C@@H]1Cc1ccc(Br)c(Cl)c1. The molecule has 1 aliphatic heterocycles. The third-order valence-electron chi connectivity index (χ3n) is 5.07. The van der Waals surface area contributed by atoms with Crippen molar-refractivity contribution in [3.05, 3.63) is 117 Å². The molecular formula is C26H18BrClO2. The highest BCUT2D eigenvalue weighted by molar-refractivity contribution is 9.10. The van der Waals surface area contributed by atoms with E-state index in [1.54, 1.807) is 0 Å². The number of halogens is 2. The van der Waals surface area contributed by atoms with Crippen LogP contribution in [0.25, 0.3) is 0 Å². The van der Waals surface area contributed by atoms with Gasteiger partial charge in [-0.25, -0.2) is 0 Å². The van der Waals surface area contributed by atoms with Crippen molar-refractivity contribution in [1.29, 1.82) is 0 Å². The van der Waals surface area contributed by atoms with Crippen LogP contribution in [0.2, 0.25) is 5.02 Å². The summed E-state index contributed by atoms with van der Waals surface area (Å²) in [6.07, 6.45) is 2.01. The summed E-state index contributed by atoms with van der Waals surface area (Å²) in [5.41, 5.74) is 3.72. The second kappa shape index (κ2) is 9.34.